The second-order valence-electron chi connectivity index (χ2n) is 8.50. The Labute approximate surface area is 194 Å². The highest BCUT2D eigenvalue weighted by atomic mass is 35.5. The number of hydrogen-bond acceptors (Lipinski definition) is 2. The standard InChI is InChI=1S/C27H30ClFOS/c1-16(2)23-22(15-31-21-13-11-20(29)12-14-21)26(19-9-7-6-8-10-19)25(18(5)30)24(17(3)4)27(23)28/h6-14,16-18,30H,15H2,1-5H3. The topological polar surface area (TPSA) is 20.2 Å². The van der Waals surface area contributed by atoms with Crippen molar-refractivity contribution in [3.63, 3.8) is 0 Å². The van der Waals surface area contributed by atoms with Gasteiger partial charge in [-0.1, -0.05) is 69.6 Å². The summed E-state index contributed by atoms with van der Waals surface area (Å²) in [6, 6.07) is 16.8. The Kier molecular flexibility index (Phi) is 7.85. The molecule has 31 heavy (non-hydrogen) atoms. The van der Waals surface area contributed by atoms with Crippen LogP contribution in [0.3, 0.4) is 0 Å². The SMILES string of the molecule is CC(C)c1c(Cl)c(C(C)C)c(C(C)O)c(-c2ccccc2)c1CSc1ccc(F)cc1. The highest BCUT2D eigenvalue weighted by Gasteiger charge is 2.28. The van der Waals surface area contributed by atoms with Crippen molar-refractivity contribution in [3.8, 4) is 11.1 Å². The zero-order valence-electron chi connectivity index (χ0n) is 18.7. The van der Waals surface area contributed by atoms with Crippen molar-refractivity contribution in [2.45, 2.75) is 63.2 Å². The molecule has 4 heteroatoms. The molecular formula is C27H30ClFOS. The van der Waals surface area contributed by atoms with Crippen LogP contribution in [0.1, 0.15) is 74.8 Å². The van der Waals surface area contributed by atoms with Crippen molar-refractivity contribution >= 4 is 23.4 Å². The monoisotopic (exact) mass is 456 g/mol. The average molecular weight is 457 g/mol. The molecule has 0 bridgehead atoms. The van der Waals surface area contributed by atoms with E-state index in [-0.39, 0.29) is 17.7 Å². The van der Waals surface area contributed by atoms with Crippen molar-refractivity contribution in [2.75, 3.05) is 0 Å². The van der Waals surface area contributed by atoms with Gasteiger partial charge in [0, 0.05) is 15.7 Å². The number of halogens is 2. The van der Waals surface area contributed by atoms with Crippen molar-refractivity contribution in [1.82, 2.24) is 0 Å². The number of aliphatic hydroxyl groups is 1. The molecule has 3 rings (SSSR count). The lowest BCUT2D eigenvalue weighted by Gasteiger charge is -2.29. The first-order chi connectivity index (χ1) is 14.7. The predicted octanol–water partition coefficient (Wildman–Crippen LogP) is 8.74. The summed E-state index contributed by atoms with van der Waals surface area (Å²) in [5, 5.41) is 11.6. The first kappa shape index (κ1) is 23.8. The van der Waals surface area contributed by atoms with Crippen LogP contribution in [0.5, 0.6) is 0 Å². The molecule has 0 aliphatic rings. The molecular weight excluding hydrogens is 427 g/mol. The Morgan fingerprint density at radius 1 is 0.839 bits per heavy atom. The fourth-order valence-electron chi connectivity index (χ4n) is 4.20. The molecule has 0 fully saturated rings. The molecule has 0 radical (unpaired) electrons. The van der Waals surface area contributed by atoms with Gasteiger partial charge in [-0.05, 0) is 76.4 Å². The second-order valence-corrected chi connectivity index (χ2v) is 9.93. The minimum absolute atomic E-state index is 0.177. The van der Waals surface area contributed by atoms with Crippen LogP contribution in [0.25, 0.3) is 11.1 Å². The van der Waals surface area contributed by atoms with Gasteiger partial charge in [0.15, 0.2) is 0 Å². The van der Waals surface area contributed by atoms with Gasteiger partial charge in [-0.3, -0.25) is 0 Å². The van der Waals surface area contributed by atoms with Crippen molar-refractivity contribution in [2.24, 2.45) is 0 Å². The fourth-order valence-corrected chi connectivity index (χ4v) is 5.79. The van der Waals surface area contributed by atoms with Gasteiger partial charge < -0.3 is 5.11 Å². The summed E-state index contributed by atoms with van der Waals surface area (Å²) in [7, 11) is 0. The minimum atomic E-state index is -0.652. The van der Waals surface area contributed by atoms with Gasteiger partial charge in [0.2, 0.25) is 0 Å². The van der Waals surface area contributed by atoms with E-state index in [0.29, 0.717) is 5.75 Å². The van der Waals surface area contributed by atoms with Crippen LogP contribution >= 0.6 is 23.4 Å². The lowest BCUT2D eigenvalue weighted by molar-refractivity contribution is 0.198. The van der Waals surface area contributed by atoms with Crippen LogP contribution in [0.15, 0.2) is 59.5 Å². The van der Waals surface area contributed by atoms with Crippen LogP contribution < -0.4 is 0 Å². The van der Waals surface area contributed by atoms with E-state index in [1.165, 1.54) is 12.1 Å². The molecule has 0 aliphatic carbocycles. The van der Waals surface area contributed by atoms with Gasteiger partial charge in [-0.25, -0.2) is 4.39 Å². The first-order valence-corrected chi connectivity index (χ1v) is 12.1. The summed E-state index contributed by atoms with van der Waals surface area (Å²) in [6.07, 6.45) is -0.652. The fraction of sp³-hybridized carbons (Fsp3) is 0.333. The highest BCUT2D eigenvalue weighted by Crippen LogP contribution is 2.47. The third kappa shape index (κ3) is 5.16. The normalized spacial score (nSPS) is 12.6. The maximum Gasteiger partial charge on any atom is 0.123 e. The number of hydrogen-bond donors (Lipinski definition) is 1. The Balaban J connectivity index is 2.30. The van der Waals surface area contributed by atoms with E-state index in [4.69, 9.17) is 11.6 Å². The number of thioether (sulfide) groups is 1. The van der Waals surface area contributed by atoms with Gasteiger partial charge in [0.25, 0.3) is 0 Å². The third-order valence-corrected chi connectivity index (χ3v) is 6.94. The zero-order chi connectivity index (χ0) is 22.7. The third-order valence-electron chi connectivity index (χ3n) is 5.49. The maximum atomic E-state index is 13.4. The molecule has 0 saturated carbocycles. The van der Waals surface area contributed by atoms with E-state index in [9.17, 15) is 9.50 Å². The van der Waals surface area contributed by atoms with Crippen LogP contribution in [0.2, 0.25) is 5.02 Å². The molecule has 1 N–H and O–H groups in total. The molecule has 0 amide bonds. The van der Waals surface area contributed by atoms with Gasteiger partial charge >= 0.3 is 0 Å². The predicted molar refractivity (Wildman–Crippen MR) is 132 cm³/mol. The Morgan fingerprint density at radius 3 is 1.94 bits per heavy atom. The summed E-state index contributed by atoms with van der Waals surface area (Å²) in [5.74, 6) is 0.842. The summed E-state index contributed by atoms with van der Waals surface area (Å²) in [4.78, 5) is 0.998. The summed E-state index contributed by atoms with van der Waals surface area (Å²) < 4.78 is 13.4. The van der Waals surface area contributed by atoms with E-state index in [1.807, 2.05) is 25.1 Å². The summed E-state index contributed by atoms with van der Waals surface area (Å²) >= 11 is 8.70. The van der Waals surface area contributed by atoms with Crippen LogP contribution in [-0.4, -0.2) is 5.11 Å². The number of rotatable bonds is 7. The largest absolute Gasteiger partial charge is 0.389 e. The highest BCUT2D eigenvalue weighted by molar-refractivity contribution is 7.98. The number of aliphatic hydroxyl groups excluding tert-OH is 1. The Hall–Kier alpha value is -1.81. The van der Waals surface area contributed by atoms with Gasteiger partial charge in [0.1, 0.15) is 5.82 Å². The maximum absolute atomic E-state index is 13.4. The van der Waals surface area contributed by atoms with E-state index in [0.717, 1.165) is 43.3 Å². The quantitative estimate of drug-likeness (QED) is 0.358. The molecule has 0 spiro atoms. The lowest BCUT2D eigenvalue weighted by Crippen LogP contribution is -2.11. The smallest absolute Gasteiger partial charge is 0.123 e. The van der Waals surface area contributed by atoms with Gasteiger partial charge in [-0.15, -0.1) is 11.8 Å². The average Bonchev–Trinajstić information content (AvgIpc) is 2.72. The van der Waals surface area contributed by atoms with Gasteiger partial charge in [-0.2, -0.15) is 0 Å². The van der Waals surface area contributed by atoms with Crippen LogP contribution in [-0.2, 0) is 5.75 Å². The van der Waals surface area contributed by atoms with E-state index in [2.05, 4.69) is 39.8 Å². The van der Waals surface area contributed by atoms with Crippen LogP contribution in [0.4, 0.5) is 4.39 Å². The lowest BCUT2D eigenvalue weighted by atomic mass is 9.80. The molecule has 0 saturated heterocycles. The molecule has 3 aromatic rings. The van der Waals surface area contributed by atoms with Crippen LogP contribution in [0, 0.1) is 5.82 Å². The van der Waals surface area contributed by atoms with Crippen molar-refractivity contribution in [1.29, 1.82) is 0 Å². The molecule has 164 valence electrons. The minimum Gasteiger partial charge on any atom is -0.389 e. The molecule has 1 atom stereocenters. The van der Waals surface area contributed by atoms with Crippen molar-refractivity contribution in [3.05, 3.63) is 87.7 Å². The molecule has 0 aliphatic heterocycles. The first-order valence-electron chi connectivity index (χ1n) is 10.7. The van der Waals surface area contributed by atoms with Gasteiger partial charge in [0.05, 0.1) is 6.10 Å². The van der Waals surface area contributed by atoms with E-state index < -0.39 is 6.10 Å². The molecule has 0 heterocycles. The zero-order valence-corrected chi connectivity index (χ0v) is 20.3. The Morgan fingerprint density at radius 2 is 1.42 bits per heavy atom. The van der Waals surface area contributed by atoms with E-state index in [1.54, 1.807) is 23.9 Å². The second kappa shape index (κ2) is 10.2. The molecule has 1 nitrogen and oxygen atoms in total. The molecule has 1 unspecified atom stereocenters. The number of benzene rings is 3. The summed E-state index contributed by atoms with van der Waals surface area (Å²) in [6.45, 7) is 10.4. The molecule has 3 aromatic carbocycles. The summed E-state index contributed by atoms with van der Waals surface area (Å²) in [5.41, 5.74) is 6.35. The Bertz CT molecular complexity index is 1030. The molecule has 0 aromatic heterocycles. The van der Waals surface area contributed by atoms with E-state index >= 15 is 0 Å². The van der Waals surface area contributed by atoms with Crippen molar-refractivity contribution < 1.29 is 9.50 Å².